The second-order valence-corrected chi connectivity index (χ2v) is 13.3. The molecule has 4 bridgehead atoms. The van der Waals surface area contributed by atoms with E-state index < -0.39 is 23.7 Å². The minimum Gasteiger partial charge on any atom is -0.493 e. The number of carboxylic acids is 1. The molecule has 5 nitrogen and oxygen atoms in total. The van der Waals surface area contributed by atoms with Gasteiger partial charge >= 0.3 is 5.97 Å². The number of carbonyl (C=O) groups excluding carboxylic acids is 1. The molecule has 9 rings (SSSR count). The van der Waals surface area contributed by atoms with Crippen LogP contribution in [-0.4, -0.2) is 40.6 Å². The quantitative estimate of drug-likeness (QED) is 0.607. The molecule has 1 amide bonds. The minimum atomic E-state index is -0.949. The van der Waals surface area contributed by atoms with Gasteiger partial charge in [-0.1, -0.05) is 0 Å². The van der Waals surface area contributed by atoms with E-state index in [0.717, 1.165) is 49.0 Å². The number of aliphatic carboxylic acids is 1. The van der Waals surface area contributed by atoms with E-state index in [0.29, 0.717) is 30.1 Å². The van der Waals surface area contributed by atoms with Gasteiger partial charge in [-0.25, -0.2) is 9.18 Å². The molecule has 0 spiro atoms. The van der Waals surface area contributed by atoms with Crippen molar-refractivity contribution in [2.45, 2.75) is 82.2 Å². The number of likely N-dealkylation sites (tertiary alicyclic amines) is 1. The number of benzene rings is 1. The van der Waals surface area contributed by atoms with Crippen molar-refractivity contribution in [1.82, 2.24) is 4.90 Å². The highest BCUT2D eigenvalue weighted by atomic mass is 19.1. The standard InChI is InChI=1S/C29H34FNO4/c30-22-9-23(35-13-29-10-14-5-15(11-29)7-16(6-14)12-29)20(17-1-2-17)8-21(22)27(32)31-25-18-3-4-19(24(18)25)26(31)28(33)34/h8-9,14-19,24-26H,1-7,10-13H2,(H,33,34)/t14?,15?,16?,18?,19-,24?,25?,26-,29?/m0/s1. The summed E-state index contributed by atoms with van der Waals surface area (Å²) in [5, 5.41) is 9.88. The maximum absolute atomic E-state index is 15.5. The van der Waals surface area contributed by atoms with Gasteiger partial charge in [0.05, 0.1) is 12.2 Å². The Bertz CT molecular complexity index is 1090. The molecule has 1 aromatic rings. The van der Waals surface area contributed by atoms with Gasteiger partial charge in [-0.3, -0.25) is 4.79 Å². The summed E-state index contributed by atoms with van der Waals surface area (Å²) in [7, 11) is 0. The zero-order chi connectivity index (χ0) is 23.6. The van der Waals surface area contributed by atoms with Crippen LogP contribution in [-0.2, 0) is 4.79 Å². The van der Waals surface area contributed by atoms with E-state index in [2.05, 4.69) is 0 Å². The normalized spacial score (nSPS) is 44.0. The van der Waals surface area contributed by atoms with Gasteiger partial charge in [-0.2, -0.15) is 0 Å². The molecule has 0 aromatic heterocycles. The number of rotatable bonds is 6. The van der Waals surface area contributed by atoms with Crippen molar-refractivity contribution in [3.63, 3.8) is 0 Å². The topological polar surface area (TPSA) is 66.8 Å². The van der Waals surface area contributed by atoms with Crippen LogP contribution in [0.15, 0.2) is 12.1 Å². The van der Waals surface area contributed by atoms with Crippen LogP contribution in [0.5, 0.6) is 5.75 Å². The highest BCUT2D eigenvalue weighted by Crippen LogP contribution is 2.65. The van der Waals surface area contributed by atoms with E-state index in [-0.39, 0.29) is 22.9 Å². The number of halogens is 1. The molecular weight excluding hydrogens is 445 g/mol. The maximum atomic E-state index is 15.5. The molecule has 7 aliphatic carbocycles. The average molecular weight is 480 g/mol. The Morgan fingerprint density at radius 3 is 2.29 bits per heavy atom. The largest absolute Gasteiger partial charge is 0.493 e. The Hall–Kier alpha value is -2.11. The van der Waals surface area contributed by atoms with E-state index in [9.17, 15) is 14.7 Å². The number of hydrogen-bond donors (Lipinski definition) is 1. The van der Waals surface area contributed by atoms with Gasteiger partial charge < -0.3 is 14.7 Å². The molecule has 186 valence electrons. The van der Waals surface area contributed by atoms with Gasteiger partial charge in [-0.15, -0.1) is 0 Å². The molecule has 7 saturated carbocycles. The van der Waals surface area contributed by atoms with Crippen molar-refractivity contribution in [2.24, 2.45) is 40.9 Å². The molecule has 8 fully saturated rings. The first-order chi connectivity index (χ1) is 16.9. The summed E-state index contributed by atoms with van der Waals surface area (Å²) in [5.74, 6) is 2.23. The summed E-state index contributed by atoms with van der Waals surface area (Å²) in [4.78, 5) is 27.2. The second-order valence-electron chi connectivity index (χ2n) is 13.3. The first kappa shape index (κ1) is 21.0. The number of carboxylic acid groups (broad SMARTS) is 1. The molecule has 35 heavy (non-hydrogen) atoms. The average Bonchev–Trinajstić information content (AvgIpc) is 3.70. The summed E-state index contributed by atoms with van der Waals surface area (Å²) in [6.07, 6.45) is 11.8. The highest BCUT2D eigenvalue weighted by Gasteiger charge is 2.71. The lowest BCUT2D eigenvalue weighted by Crippen LogP contribution is -2.48. The fourth-order valence-corrected chi connectivity index (χ4v) is 10.0. The lowest BCUT2D eigenvalue weighted by atomic mass is 9.50. The van der Waals surface area contributed by atoms with Crippen molar-refractivity contribution in [1.29, 1.82) is 0 Å². The van der Waals surface area contributed by atoms with Crippen LogP contribution in [0.4, 0.5) is 4.39 Å². The van der Waals surface area contributed by atoms with E-state index >= 15 is 4.39 Å². The fourth-order valence-electron chi connectivity index (χ4n) is 10.0. The van der Waals surface area contributed by atoms with Crippen molar-refractivity contribution in [3.8, 4) is 5.75 Å². The summed E-state index contributed by atoms with van der Waals surface area (Å²) in [6.45, 7) is 0.656. The van der Waals surface area contributed by atoms with Gasteiger partial charge in [0.2, 0.25) is 0 Å². The van der Waals surface area contributed by atoms with Crippen LogP contribution in [0, 0.1) is 46.7 Å². The van der Waals surface area contributed by atoms with Crippen LogP contribution in [0.25, 0.3) is 0 Å². The predicted octanol–water partition coefficient (Wildman–Crippen LogP) is 5.23. The molecule has 8 aliphatic rings. The predicted molar refractivity (Wildman–Crippen MR) is 126 cm³/mol. The zero-order valence-corrected chi connectivity index (χ0v) is 20.1. The number of amides is 1. The van der Waals surface area contributed by atoms with E-state index in [1.54, 1.807) is 6.07 Å². The molecule has 1 heterocycles. The van der Waals surface area contributed by atoms with Crippen LogP contribution in [0.3, 0.4) is 0 Å². The number of fused-ring (bicyclic) bond motifs is 1. The highest BCUT2D eigenvalue weighted by molar-refractivity contribution is 5.98. The maximum Gasteiger partial charge on any atom is 0.326 e. The molecule has 5 atom stereocenters. The number of ether oxygens (including phenoxy) is 1. The molecule has 1 aromatic carbocycles. The van der Waals surface area contributed by atoms with E-state index in [4.69, 9.17) is 4.74 Å². The first-order valence-corrected chi connectivity index (χ1v) is 13.9. The van der Waals surface area contributed by atoms with Gasteiger partial charge in [0.25, 0.3) is 5.91 Å². The Balaban J connectivity index is 1.08. The monoisotopic (exact) mass is 479 g/mol. The molecule has 1 aliphatic heterocycles. The van der Waals surface area contributed by atoms with Crippen molar-refractivity contribution in [2.75, 3.05) is 6.61 Å². The summed E-state index contributed by atoms with van der Waals surface area (Å²) >= 11 is 0. The minimum absolute atomic E-state index is 0.0156. The Morgan fingerprint density at radius 1 is 1.00 bits per heavy atom. The molecular formula is C29H34FNO4. The molecule has 1 saturated heterocycles. The van der Waals surface area contributed by atoms with Gasteiger partial charge in [0, 0.05) is 17.5 Å². The fraction of sp³-hybridized carbons (Fsp3) is 0.724. The third-order valence-corrected chi connectivity index (χ3v) is 11.1. The van der Waals surface area contributed by atoms with Crippen LogP contribution in [0.2, 0.25) is 0 Å². The lowest BCUT2D eigenvalue weighted by molar-refractivity contribution is -0.143. The van der Waals surface area contributed by atoms with Crippen LogP contribution in [0.1, 0.15) is 86.0 Å². The third kappa shape index (κ3) is 3.03. The van der Waals surface area contributed by atoms with Crippen LogP contribution >= 0.6 is 0 Å². The Kier molecular flexibility index (Phi) is 4.21. The number of hydrogen-bond acceptors (Lipinski definition) is 3. The number of carbonyl (C=O) groups is 2. The molecule has 0 radical (unpaired) electrons. The number of piperidine rings is 1. The Labute approximate surface area is 205 Å². The lowest BCUT2D eigenvalue weighted by Gasteiger charge is -2.56. The Morgan fingerprint density at radius 2 is 1.66 bits per heavy atom. The third-order valence-electron chi connectivity index (χ3n) is 11.1. The molecule has 6 heteroatoms. The summed E-state index contributed by atoms with van der Waals surface area (Å²) in [6, 6.07) is 2.32. The van der Waals surface area contributed by atoms with Crippen molar-refractivity contribution < 1.29 is 23.8 Å². The van der Waals surface area contributed by atoms with Crippen LogP contribution < -0.4 is 4.74 Å². The van der Waals surface area contributed by atoms with Crippen molar-refractivity contribution in [3.05, 3.63) is 29.1 Å². The van der Waals surface area contributed by atoms with E-state index in [1.807, 2.05) is 0 Å². The second kappa shape index (κ2) is 7.01. The van der Waals surface area contributed by atoms with Gasteiger partial charge in [-0.05, 0) is 117 Å². The summed E-state index contributed by atoms with van der Waals surface area (Å²) < 4.78 is 21.9. The van der Waals surface area contributed by atoms with Gasteiger partial charge in [0.15, 0.2) is 0 Å². The molecule has 3 unspecified atom stereocenters. The molecule has 1 N–H and O–H groups in total. The first-order valence-electron chi connectivity index (χ1n) is 13.9. The van der Waals surface area contributed by atoms with Gasteiger partial charge in [0.1, 0.15) is 17.6 Å². The van der Waals surface area contributed by atoms with Crippen molar-refractivity contribution >= 4 is 11.9 Å². The number of nitrogens with zero attached hydrogens (tertiary/aromatic N) is 1. The van der Waals surface area contributed by atoms with E-state index in [1.165, 1.54) is 49.5 Å². The zero-order valence-electron chi connectivity index (χ0n) is 20.1. The smallest absolute Gasteiger partial charge is 0.326 e. The SMILES string of the molecule is O=C(O)[C@@H]1[C@H]2CCC3C2C3N1C(=O)c1cc(C2CC2)c(OCC23CC4CC(CC(C4)C2)C3)cc1F. The summed E-state index contributed by atoms with van der Waals surface area (Å²) in [5.41, 5.74) is 1.22.